The van der Waals surface area contributed by atoms with E-state index < -0.39 is 0 Å². The zero-order chi connectivity index (χ0) is 13.8. The molecule has 0 bridgehead atoms. The molecule has 0 saturated carbocycles. The molecule has 2 nitrogen and oxygen atoms in total. The van der Waals surface area contributed by atoms with Crippen LogP contribution in [0, 0.1) is 0 Å². The molecule has 0 aliphatic heterocycles. The first-order chi connectivity index (χ1) is 9.83. The third kappa shape index (κ3) is 3.38. The zero-order valence-electron chi connectivity index (χ0n) is 10.3. The predicted octanol–water partition coefficient (Wildman–Crippen LogP) is 5.69. The molecule has 0 saturated heterocycles. The monoisotopic (exact) mass is 334 g/mol. The number of aliphatic imine (C=N–C) groups is 1. The molecule has 0 atom stereocenters. The summed E-state index contributed by atoms with van der Waals surface area (Å²) in [5.41, 5.74) is 3.76. The van der Waals surface area contributed by atoms with Crippen molar-refractivity contribution in [2.45, 2.75) is 9.24 Å². The summed E-state index contributed by atoms with van der Waals surface area (Å²) in [6, 6.07) is 16.0. The van der Waals surface area contributed by atoms with Crippen LogP contribution in [0.2, 0.25) is 0 Å². The van der Waals surface area contributed by atoms with Crippen LogP contribution < -0.4 is 0 Å². The van der Waals surface area contributed by atoms with Crippen LogP contribution in [0.5, 0.6) is 0 Å². The van der Waals surface area contributed by atoms with Crippen LogP contribution in [0.3, 0.4) is 0 Å². The summed E-state index contributed by atoms with van der Waals surface area (Å²) < 4.78 is 2.26. The molecule has 20 heavy (non-hydrogen) atoms. The second-order valence-corrected chi connectivity index (χ2v) is 7.66. The van der Waals surface area contributed by atoms with E-state index in [2.05, 4.69) is 28.7 Å². The molecule has 0 radical (unpaired) electrons. The van der Waals surface area contributed by atoms with E-state index in [0.717, 1.165) is 20.4 Å². The van der Waals surface area contributed by atoms with Crippen LogP contribution in [0.4, 0.5) is 5.69 Å². The number of hydrogen-bond acceptors (Lipinski definition) is 6. The van der Waals surface area contributed by atoms with Gasteiger partial charge in [-0.3, -0.25) is 0 Å². The summed E-state index contributed by atoms with van der Waals surface area (Å²) in [6.07, 6.45) is 0. The third-order valence-electron chi connectivity index (χ3n) is 2.51. The Labute approximate surface area is 134 Å². The molecule has 6 heteroatoms. The van der Waals surface area contributed by atoms with E-state index in [4.69, 9.17) is 0 Å². The molecule has 100 valence electrons. The maximum absolute atomic E-state index is 4.56. The van der Waals surface area contributed by atoms with Crippen molar-refractivity contribution in [3.05, 3.63) is 48.5 Å². The first-order valence-corrected chi connectivity index (χ1v) is 9.30. The second kappa shape index (κ2) is 6.67. The lowest BCUT2D eigenvalue weighted by atomic mass is 10.3. The van der Waals surface area contributed by atoms with Crippen LogP contribution in [-0.2, 0) is 0 Å². The van der Waals surface area contributed by atoms with E-state index in [1.54, 1.807) is 32.9 Å². The van der Waals surface area contributed by atoms with Crippen LogP contribution in [0.25, 0.3) is 10.2 Å². The Hall–Kier alpha value is -0.950. The maximum atomic E-state index is 4.56. The minimum absolute atomic E-state index is 0.883. The topological polar surface area (TPSA) is 25.2 Å². The van der Waals surface area contributed by atoms with Crippen molar-refractivity contribution in [2.24, 2.45) is 4.99 Å². The third-order valence-corrected chi connectivity index (χ3v) is 6.08. The molecule has 0 spiro atoms. The van der Waals surface area contributed by atoms with Crippen molar-refractivity contribution < 1.29 is 0 Å². The number of aromatic nitrogens is 1. The standard InChI is InChI=1S/C14H10N2S4/c17-12-7-3-1-5-10(12)15-9-18-20-14-16-11-6-2-4-8-13(11)19-14/h1-9,17H. The van der Waals surface area contributed by atoms with Crippen molar-refractivity contribution in [1.82, 2.24) is 4.98 Å². The van der Waals surface area contributed by atoms with Crippen molar-refractivity contribution in [2.75, 3.05) is 0 Å². The van der Waals surface area contributed by atoms with Gasteiger partial charge < -0.3 is 0 Å². The van der Waals surface area contributed by atoms with E-state index >= 15 is 0 Å². The SMILES string of the molecule is Sc1ccccc1N=CSSc1nc2ccccc2s1. The quantitative estimate of drug-likeness (QED) is 0.287. The molecule has 0 N–H and O–H groups in total. The lowest BCUT2D eigenvalue weighted by Crippen LogP contribution is -1.69. The van der Waals surface area contributed by atoms with E-state index in [0.29, 0.717) is 0 Å². The number of rotatable bonds is 4. The Kier molecular flexibility index (Phi) is 4.67. The second-order valence-electron chi connectivity index (χ2n) is 3.85. The molecular formula is C14H10N2S4. The van der Waals surface area contributed by atoms with Gasteiger partial charge in [-0.05, 0) is 45.9 Å². The van der Waals surface area contributed by atoms with Crippen molar-refractivity contribution in [3.8, 4) is 0 Å². The molecular weight excluding hydrogens is 324 g/mol. The first kappa shape index (κ1) is 14.0. The molecule has 2 aromatic carbocycles. The largest absolute Gasteiger partial charge is 0.248 e. The number of thiol groups is 1. The number of nitrogens with zero attached hydrogens (tertiary/aromatic N) is 2. The van der Waals surface area contributed by atoms with Crippen LogP contribution in [-0.4, -0.2) is 10.5 Å². The zero-order valence-corrected chi connectivity index (χ0v) is 13.6. The first-order valence-electron chi connectivity index (χ1n) is 5.82. The Balaban J connectivity index is 1.64. The molecule has 1 aromatic heterocycles. The number of hydrogen-bond donors (Lipinski definition) is 1. The number of benzene rings is 2. The van der Waals surface area contributed by atoms with Crippen molar-refractivity contribution in [1.29, 1.82) is 0 Å². The van der Waals surface area contributed by atoms with Gasteiger partial charge in [-0.25, -0.2) is 9.98 Å². The van der Waals surface area contributed by atoms with Gasteiger partial charge in [0, 0.05) is 4.90 Å². The average molecular weight is 335 g/mol. The summed E-state index contributed by atoms with van der Waals surface area (Å²) in [5, 5.41) is 0. The van der Waals surface area contributed by atoms with Gasteiger partial charge in [-0.1, -0.05) is 24.3 Å². The van der Waals surface area contributed by atoms with Crippen LogP contribution in [0.1, 0.15) is 0 Å². The highest BCUT2D eigenvalue weighted by atomic mass is 33.1. The minimum Gasteiger partial charge on any atom is -0.248 e. The van der Waals surface area contributed by atoms with E-state index in [1.165, 1.54) is 4.70 Å². The van der Waals surface area contributed by atoms with Gasteiger partial charge in [0.25, 0.3) is 0 Å². The lowest BCUT2D eigenvalue weighted by molar-refractivity contribution is 1.31. The Morgan fingerprint density at radius 3 is 2.75 bits per heavy atom. The average Bonchev–Trinajstić information content (AvgIpc) is 2.88. The minimum atomic E-state index is 0.883. The van der Waals surface area contributed by atoms with Gasteiger partial charge in [0.05, 0.1) is 21.5 Å². The molecule has 3 rings (SSSR count). The molecule has 0 fully saturated rings. The van der Waals surface area contributed by atoms with Gasteiger partial charge in [0.2, 0.25) is 0 Å². The molecule has 1 heterocycles. The molecule has 0 unspecified atom stereocenters. The van der Waals surface area contributed by atoms with Gasteiger partial charge >= 0.3 is 0 Å². The summed E-state index contributed by atoms with van der Waals surface area (Å²) in [5.74, 6) is 0. The smallest absolute Gasteiger partial charge is 0.162 e. The number of para-hydroxylation sites is 2. The summed E-state index contributed by atoms with van der Waals surface area (Å²) in [7, 11) is 3.19. The normalized spacial score (nSPS) is 11.4. The molecule has 0 amide bonds. The summed E-state index contributed by atoms with van der Waals surface area (Å²) >= 11 is 6.06. The summed E-state index contributed by atoms with van der Waals surface area (Å²) in [4.78, 5) is 9.83. The highest BCUT2D eigenvalue weighted by Gasteiger charge is 2.03. The van der Waals surface area contributed by atoms with Gasteiger partial charge in [-0.2, -0.15) is 0 Å². The molecule has 3 aromatic rings. The fourth-order valence-electron chi connectivity index (χ4n) is 1.60. The summed E-state index contributed by atoms with van der Waals surface area (Å²) in [6.45, 7) is 0. The number of fused-ring (bicyclic) bond motifs is 1. The molecule has 0 aliphatic carbocycles. The van der Waals surface area contributed by atoms with E-state index in [9.17, 15) is 0 Å². The van der Waals surface area contributed by atoms with Crippen molar-refractivity contribution in [3.63, 3.8) is 0 Å². The highest BCUT2D eigenvalue weighted by molar-refractivity contribution is 8.81. The van der Waals surface area contributed by atoms with Crippen LogP contribution in [0.15, 0.2) is 62.8 Å². The van der Waals surface area contributed by atoms with Gasteiger partial charge in [0.1, 0.15) is 0 Å². The number of thiazole rings is 1. The van der Waals surface area contributed by atoms with Gasteiger partial charge in [-0.15, -0.1) is 24.0 Å². The Bertz CT molecular complexity index is 719. The van der Waals surface area contributed by atoms with Crippen LogP contribution >= 0.6 is 45.6 Å². The Morgan fingerprint density at radius 1 is 1.10 bits per heavy atom. The lowest BCUT2D eigenvalue weighted by Gasteiger charge is -1.96. The van der Waals surface area contributed by atoms with E-state index in [-0.39, 0.29) is 0 Å². The van der Waals surface area contributed by atoms with E-state index in [1.807, 2.05) is 48.0 Å². The maximum Gasteiger partial charge on any atom is 0.162 e. The molecule has 0 aliphatic rings. The van der Waals surface area contributed by atoms with Crippen molar-refractivity contribution >= 4 is 67.0 Å². The van der Waals surface area contributed by atoms with Gasteiger partial charge in [0.15, 0.2) is 4.34 Å². The predicted molar refractivity (Wildman–Crippen MR) is 94.9 cm³/mol. The Morgan fingerprint density at radius 2 is 1.90 bits per heavy atom. The fourth-order valence-corrected chi connectivity index (χ4v) is 4.62. The fraction of sp³-hybridized carbons (Fsp3) is 0. The highest BCUT2D eigenvalue weighted by Crippen LogP contribution is 2.36.